The standard InChI is InChI=1S/C13H23N3O6S/c1-23(20,21)16-7-6-15(13(16)19)12(18)14-5-2-11(17)10-3-8-22-9-4-10/h10-11,17H,2-9H2,1H3,(H,14,18)/t11-/m0/s1. The summed E-state index contributed by atoms with van der Waals surface area (Å²) in [7, 11) is -3.66. The normalized spacial score (nSPS) is 21.6. The maximum absolute atomic E-state index is 12.0. The van der Waals surface area contributed by atoms with Crippen molar-refractivity contribution in [1.29, 1.82) is 0 Å². The summed E-state index contributed by atoms with van der Waals surface area (Å²) >= 11 is 0. The van der Waals surface area contributed by atoms with Gasteiger partial charge in [0.25, 0.3) is 0 Å². The molecule has 9 nitrogen and oxygen atoms in total. The van der Waals surface area contributed by atoms with Crippen LogP contribution in [0, 0.1) is 5.92 Å². The molecule has 0 radical (unpaired) electrons. The third-order valence-electron chi connectivity index (χ3n) is 4.14. The van der Waals surface area contributed by atoms with Crippen molar-refractivity contribution >= 4 is 22.1 Å². The van der Waals surface area contributed by atoms with E-state index in [-0.39, 0.29) is 25.6 Å². The van der Waals surface area contributed by atoms with Gasteiger partial charge in [0, 0.05) is 19.8 Å². The van der Waals surface area contributed by atoms with Gasteiger partial charge in [0.15, 0.2) is 0 Å². The Bertz CT molecular complexity index is 546. The molecule has 23 heavy (non-hydrogen) atoms. The predicted octanol–water partition coefficient (Wildman–Crippen LogP) is -0.429. The quantitative estimate of drug-likeness (QED) is 0.696. The second-order valence-electron chi connectivity index (χ2n) is 5.81. The van der Waals surface area contributed by atoms with E-state index in [1.165, 1.54) is 0 Å². The number of urea groups is 2. The van der Waals surface area contributed by atoms with E-state index in [4.69, 9.17) is 4.74 Å². The van der Waals surface area contributed by atoms with Gasteiger partial charge in [0.05, 0.1) is 25.4 Å². The number of aliphatic hydroxyl groups excluding tert-OH is 1. The van der Waals surface area contributed by atoms with E-state index >= 15 is 0 Å². The Kier molecular flexibility index (Phi) is 5.82. The van der Waals surface area contributed by atoms with Crippen LogP contribution in [0.4, 0.5) is 9.59 Å². The van der Waals surface area contributed by atoms with Crippen molar-refractivity contribution in [2.75, 3.05) is 39.1 Å². The van der Waals surface area contributed by atoms with Crippen molar-refractivity contribution in [3.8, 4) is 0 Å². The monoisotopic (exact) mass is 349 g/mol. The number of rotatable bonds is 5. The van der Waals surface area contributed by atoms with Gasteiger partial charge in [-0.05, 0) is 25.2 Å². The van der Waals surface area contributed by atoms with Gasteiger partial charge in [-0.2, -0.15) is 0 Å². The van der Waals surface area contributed by atoms with Crippen LogP contribution in [0.15, 0.2) is 0 Å². The van der Waals surface area contributed by atoms with Crippen LogP contribution in [0.3, 0.4) is 0 Å². The third kappa shape index (κ3) is 4.55. The van der Waals surface area contributed by atoms with Gasteiger partial charge in [-0.1, -0.05) is 0 Å². The summed E-state index contributed by atoms with van der Waals surface area (Å²) in [6.45, 7) is 1.49. The number of hydrogen-bond donors (Lipinski definition) is 2. The minimum absolute atomic E-state index is 0.0280. The van der Waals surface area contributed by atoms with Gasteiger partial charge in [-0.3, -0.25) is 0 Å². The van der Waals surface area contributed by atoms with E-state index in [2.05, 4.69) is 5.32 Å². The Labute approximate surface area is 135 Å². The number of nitrogens with one attached hydrogen (secondary N) is 1. The topological polar surface area (TPSA) is 116 Å². The van der Waals surface area contributed by atoms with Gasteiger partial charge in [0.2, 0.25) is 10.0 Å². The van der Waals surface area contributed by atoms with Crippen molar-refractivity contribution in [2.24, 2.45) is 5.92 Å². The zero-order valence-electron chi connectivity index (χ0n) is 13.1. The van der Waals surface area contributed by atoms with Crippen LogP contribution in [0.5, 0.6) is 0 Å². The number of carbonyl (C=O) groups is 2. The van der Waals surface area contributed by atoms with Crippen LogP contribution < -0.4 is 5.32 Å². The summed E-state index contributed by atoms with van der Waals surface area (Å²) in [4.78, 5) is 24.7. The molecule has 2 N–H and O–H groups in total. The molecule has 0 aromatic heterocycles. The van der Waals surface area contributed by atoms with Crippen LogP contribution in [-0.2, 0) is 14.8 Å². The summed E-state index contributed by atoms with van der Waals surface area (Å²) < 4.78 is 28.7. The smallest absolute Gasteiger partial charge is 0.341 e. The fourth-order valence-electron chi connectivity index (χ4n) is 2.77. The molecule has 2 fully saturated rings. The highest BCUT2D eigenvalue weighted by molar-refractivity contribution is 7.88. The summed E-state index contributed by atoms with van der Waals surface area (Å²) in [5.41, 5.74) is 0. The lowest BCUT2D eigenvalue weighted by molar-refractivity contribution is 0.00540. The van der Waals surface area contributed by atoms with E-state index in [0.717, 1.165) is 24.0 Å². The van der Waals surface area contributed by atoms with Crippen molar-refractivity contribution in [1.82, 2.24) is 14.5 Å². The van der Waals surface area contributed by atoms with Crippen molar-refractivity contribution in [3.05, 3.63) is 0 Å². The number of nitrogens with zero attached hydrogens (tertiary/aromatic N) is 2. The molecule has 4 amide bonds. The molecule has 2 aliphatic heterocycles. The second-order valence-corrected chi connectivity index (χ2v) is 7.71. The molecule has 0 aromatic carbocycles. The number of imide groups is 1. The van der Waals surface area contributed by atoms with Crippen LogP contribution in [-0.4, -0.2) is 80.0 Å². The molecular weight excluding hydrogens is 326 g/mol. The largest absolute Gasteiger partial charge is 0.393 e. The predicted molar refractivity (Wildman–Crippen MR) is 81.2 cm³/mol. The molecule has 2 aliphatic rings. The molecule has 0 aliphatic carbocycles. The molecule has 0 aromatic rings. The molecule has 2 heterocycles. The van der Waals surface area contributed by atoms with Gasteiger partial charge in [0.1, 0.15) is 0 Å². The van der Waals surface area contributed by atoms with Crippen molar-refractivity contribution in [3.63, 3.8) is 0 Å². The van der Waals surface area contributed by atoms with Crippen LogP contribution >= 0.6 is 0 Å². The maximum Gasteiger partial charge on any atom is 0.341 e. The van der Waals surface area contributed by atoms with E-state index in [1.54, 1.807) is 0 Å². The molecule has 2 saturated heterocycles. The zero-order chi connectivity index (χ0) is 17.0. The van der Waals surface area contributed by atoms with Crippen molar-refractivity contribution in [2.45, 2.75) is 25.4 Å². The first-order chi connectivity index (χ1) is 10.8. The highest BCUT2D eigenvalue weighted by Gasteiger charge is 2.38. The lowest BCUT2D eigenvalue weighted by atomic mass is 9.92. The highest BCUT2D eigenvalue weighted by Crippen LogP contribution is 2.20. The minimum atomic E-state index is -3.66. The summed E-state index contributed by atoms with van der Waals surface area (Å²) in [6.07, 6.45) is 2.37. The van der Waals surface area contributed by atoms with Crippen LogP contribution in [0.2, 0.25) is 0 Å². The Morgan fingerprint density at radius 2 is 2.04 bits per heavy atom. The lowest BCUT2D eigenvalue weighted by Crippen LogP contribution is -2.44. The molecule has 0 unspecified atom stereocenters. The average molecular weight is 349 g/mol. The fraction of sp³-hybridized carbons (Fsp3) is 0.846. The Hall–Kier alpha value is -1.39. The number of amides is 4. The van der Waals surface area contributed by atoms with E-state index in [1.807, 2.05) is 0 Å². The molecule has 0 spiro atoms. The minimum Gasteiger partial charge on any atom is -0.393 e. The molecule has 0 saturated carbocycles. The van der Waals surface area contributed by atoms with E-state index < -0.39 is 28.2 Å². The average Bonchev–Trinajstić information content (AvgIpc) is 2.89. The molecule has 2 rings (SSSR count). The molecule has 132 valence electrons. The van der Waals surface area contributed by atoms with Crippen molar-refractivity contribution < 1.29 is 27.9 Å². The van der Waals surface area contributed by atoms with Gasteiger partial charge in [-0.25, -0.2) is 27.2 Å². The number of hydrogen-bond acceptors (Lipinski definition) is 6. The summed E-state index contributed by atoms with van der Waals surface area (Å²) in [5.74, 6) is 0.162. The fourth-order valence-corrected chi connectivity index (χ4v) is 3.57. The first-order valence-electron chi connectivity index (χ1n) is 7.63. The highest BCUT2D eigenvalue weighted by atomic mass is 32.2. The lowest BCUT2D eigenvalue weighted by Gasteiger charge is -2.26. The van der Waals surface area contributed by atoms with Crippen LogP contribution in [0.25, 0.3) is 0 Å². The first-order valence-corrected chi connectivity index (χ1v) is 9.48. The van der Waals surface area contributed by atoms with E-state index in [9.17, 15) is 23.1 Å². The van der Waals surface area contributed by atoms with Gasteiger partial charge >= 0.3 is 12.1 Å². The summed E-state index contributed by atoms with van der Waals surface area (Å²) in [6, 6.07) is -1.48. The molecular formula is C13H23N3O6S. The Morgan fingerprint density at radius 3 is 2.61 bits per heavy atom. The molecule has 0 bridgehead atoms. The third-order valence-corrected chi connectivity index (χ3v) is 5.28. The van der Waals surface area contributed by atoms with Gasteiger partial charge in [-0.15, -0.1) is 0 Å². The Morgan fingerprint density at radius 1 is 1.39 bits per heavy atom. The number of sulfonamides is 1. The number of aliphatic hydroxyl groups is 1. The number of carbonyl (C=O) groups excluding carboxylic acids is 2. The number of ether oxygens (including phenoxy) is 1. The SMILES string of the molecule is CS(=O)(=O)N1CCN(C(=O)NCC[C@H](O)C2CCOCC2)C1=O. The molecule has 10 heteroatoms. The zero-order valence-corrected chi connectivity index (χ0v) is 13.9. The van der Waals surface area contributed by atoms with Gasteiger partial charge < -0.3 is 15.2 Å². The maximum atomic E-state index is 12.0. The molecule has 1 atom stereocenters. The van der Waals surface area contributed by atoms with Crippen LogP contribution in [0.1, 0.15) is 19.3 Å². The summed E-state index contributed by atoms with van der Waals surface area (Å²) in [5, 5.41) is 12.6. The first kappa shape index (κ1) is 18.0. The second kappa shape index (κ2) is 7.45. The van der Waals surface area contributed by atoms with E-state index in [0.29, 0.717) is 23.9 Å². The Balaban J connectivity index is 1.76.